The van der Waals surface area contributed by atoms with Crippen LogP contribution in [0.2, 0.25) is 0 Å². The summed E-state index contributed by atoms with van der Waals surface area (Å²) in [6.45, 7) is 5.44. The Morgan fingerprint density at radius 3 is 2.33 bits per heavy atom. The summed E-state index contributed by atoms with van der Waals surface area (Å²) >= 11 is 0. The maximum absolute atomic E-state index is 13.5. The van der Waals surface area contributed by atoms with E-state index in [1.807, 2.05) is 65.5 Å². The first kappa shape index (κ1) is 21.6. The van der Waals surface area contributed by atoms with Crippen molar-refractivity contribution in [1.82, 2.24) is 24.3 Å². The molecule has 6 nitrogen and oxygen atoms in total. The van der Waals surface area contributed by atoms with E-state index >= 15 is 0 Å². The van der Waals surface area contributed by atoms with Gasteiger partial charge in [0, 0.05) is 45.1 Å². The second kappa shape index (κ2) is 9.68. The lowest BCUT2D eigenvalue weighted by atomic mass is 9.97. The number of nitrogens with one attached hydrogen (secondary N) is 1. The molecule has 1 saturated heterocycles. The van der Waals surface area contributed by atoms with Crippen LogP contribution in [0.25, 0.3) is 11.0 Å². The largest absolute Gasteiger partial charge is 0.326 e. The molecule has 33 heavy (non-hydrogen) atoms. The molecule has 0 aliphatic carbocycles. The number of aryl methyl sites for hydroxylation is 1. The first-order valence-corrected chi connectivity index (χ1v) is 11.5. The summed E-state index contributed by atoms with van der Waals surface area (Å²) in [4.78, 5) is 24.3. The smallest absolute Gasteiger partial charge is 0.306 e. The molecule has 1 atom stereocenters. The first-order chi connectivity index (χ1) is 16.2. The van der Waals surface area contributed by atoms with Gasteiger partial charge in [-0.1, -0.05) is 24.3 Å². The number of H-pyrrole nitrogens is 1. The summed E-state index contributed by atoms with van der Waals surface area (Å²) in [6.07, 6.45) is 4.55. The molecule has 1 N–H and O–H groups in total. The predicted octanol–water partition coefficient (Wildman–Crippen LogP) is 3.66. The summed E-state index contributed by atoms with van der Waals surface area (Å²) in [7, 11) is 0. The fraction of sp³-hybridized carbons (Fsp3) is 0.308. The van der Waals surface area contributed by atoms with Gasteiger partial charge in [-0.15, -0.1) is 0 Å². The van der Waals surface area contributed by atoms with Gasteiger partial charge in [-0.2, -0.15) is 0 Å². The highest BCUT2D eigenvalue weighted by Crippen LogP contribution is 2.29. The van der Waals surface area contributed by atoms with E-state index in [2.05, 4.69) is 19.8 Å². The number of piperazine rings is 1. The number of fused-ring (bicyclic) bond motifs is 1. The minimum atomic E-state index is -0.216. The first-order valence-electron chi connectivity index (χ1n) is 11.5. The maximum atomic E-state index is 13.5. The Labute approximate surface area is 192 Å². The van der Waals surface area contributed by atoms with E-state index < -0.39 is 0 Å². The van der Waals surface area contributed by atoms with E-state index in [-0.39, 0.29) is 17.5 Å². The van der Waals surface area contributed by atoms with E-state index in [1.54, 1.807) is 0 Å². The number of imidazole rings is 1. The Hall–Kier alpha value is -3.29. The molecule has 4 aromatic rings. The van der Waals surface area contributed by atoms with Crippen LogP contribution in [-0.4, -0.2) is 57.1 Å². The average Bonchev–Trinajstić information content (AvgIpc) is 3.17. The van der Waals surface area contributed by atoms with Crippen molar-refractivity contribution < 1.29 is 4.39 Å². The second-order valence-corrected chi connectivity index (χ2v) is 8.56. The fourth-order valence-electron chi connectivity index (χ4n) is 4.83. The molecule has 1 aliphatic rings. The lowest BCUT2D eigenvalue weighted by molar-refractivity contribution is 0.108. The van der Waals surface area contributed by atoms with Crippen LogP contribution in [-0.2, 0) is 6.54 Å². The minimum Gasteiger partial charge on any atom is -0.306 e. The van der Waals surface area contributed by atoms with E-state index in [1.165, 1.54) is 17.7 Å². The van der Waals surface area contributed by atoms with Crippen molar-refractivity contribution in [2.24, 2.45) is 0 Å². The Morgan fingerprint density at radius 1 is 0.879 bits per heavy atom. The molecule has 7 heteroatoms. The van der Waals surface area contributed by atoms with E-state index in [4.69, 9.17) is 0 Å². The number of hydrogen-bond donors (Lipinski definition) is 1. The zero-order valence-corrected chi connectivity index (χ0v) is 18.5. The van der Waals surface area contributed by atoms with Crippen LogP contribution >= 0.6 is 0 Å². The molecule has 0 spiro atoms. The zero-order valence-electron chi connectivity index (χ0n) is 18.5. The molecule has 5 rings (SSSR count). The molecule has 0 amide bonds. The van der Waals surface area contributed by atoms with E-state index in [9.17, 15) is 9.18 Å². The van der Waals surface area contributed by atoms with Crippen LogP contribution in [0.15, 0.2) is 77.9 Å². The van der Waals surface area contributed by atoms with Gasteiger partial charge in [0.1, 0.15) is 5.82 Å². The molecular formula is C26H28FN5O. The molecule has 3 heterocycles. The normalized spacial score (nSPS) is 16.3. The van der Waals surface area contributed by atoms with Gasteiger partial charge in [0.2, 0.25) is 0 Å². The Bertz CT molecular complexity index is 1240. The van der Waals surface area contributed by atoms with Crippen molar-refractivity contribution in [3.05, 3.63) is 100 Å². The number of nitrogens with zero attached hydrogens (tertiary/aromatic N) is 4. The molecule has 1 aliphatic heterocycles. The molecule has 0 saturated carbocycles. The molecule has 170 valence electrons. The van der Waals surface area contributed by atoms with Crippen LogP contribution in [0.1, 0.15) is 23.6 Å². The summed E-state index contributed by atoms with van der Waals surface area (Å²) in [5.74, 6) is -0.216. The highest BCUT2D eigenvalue weighted by atomic mass is 19.1. The maximum Gasteiger partial charge on any atom is 0.326 e. The topological polar surface area (TPSA) is 57.2 Å². The molecule has 0 bridgehead atoms. The van der Waals surface area contributed by atoms with Crippen LogP contribution < -0.4 is 5.69 Å². The molecule has 2 aromatic heterocycles. The summed E-state index contributed by atoms with van der Waals surface area (Å²) in [5, 5.41) is 0. The van der Waals surface area contributed by atoms with Crippen LogP contribution in [0, 0.1) is 5.82 Å². The van der Waals surface area contributed by atoms with E-state index in [0.717, 1.165) is 55.7 Å². The van der Waals surface area contributed by atoms with Crippen molar-refractivity contribution in [1.29, 1.82) is 0 Å². The minimum absolute atomic E-state index is 0.0412. The van der Waals surface area contributed by atoms with Gasteiger partial charge in [0.15, 0.2) is 0 Å². The van der Waals surface area contributed by atoms with Crippen LogP contribution in [0.5, 0.6) is 0 Å². The molecular weight excluding hydrogens is 417 g/mol. The number of rotatable bonds is 7. The van der Waals surface area contributed by atoms with Gasteiger partial charge in [-0.05, 0) is 60.5 Å². The van der Waals surface area contributed by atoms with Gasteiger partial charge in [0.05, 0.1) is 17.1 Å². The Balaban J connectivity index is 1.21. The number of hydrogen-bond acceptors (Lipinski definition) is 4. The third kappa shape index (κ3) is 4.74. The van der Waals surface area contributed by atoms with Crippen molar-refractivity contribution >= 4 is 11.0 Å². The number of halogens is 1. The Morgan fingerprint density at radius 2 is 1.58 bits per heavy atom. The lowest BCUT2D eigenvalue weighted by Gasteiger charge is -2.39. The molecule has 1 fully saturated rings. The molecule has 0 radical (unpaired) electrons. The number of aromatic amines is 1. The van der Waals surface area contributed by atoms with Gasteiger partial charge < -0.3 is 9.88 Å². The summed E-state index contributed by atoms with van der Waals surface area (Å²) in [6, 6.07) is 18.8. The second-order valence-electron chi connectivity index (χ2n) is 8.56. The van der Waals surface area contributed by atoms with Gasteiger partial charge in [-0.3, -0.25) is 14.5 Å². The van der Waals surface area contributed by atoms with E-state index in [0.29, 0.717) is 6.54 Å². The highest BCUT2D eigenvalue weighted by Gasteiger charge is 2.26. The number of benzene rings is 2. The summed E-state index contributed by atoms with van der Waals surface area (Å²) in [5.41, 5.74) is 4.07. The standard InChI is InChI=1S/C26H28FN5O/c27-22-8-6-20(7-9-22)25(21-10-12-28-13-11-21)31-18-16-30(17-19-31)14-3-15-32-24-5-2-1-4-23(24)29-26(32)33/h1-2,4-13,25H,3,14-19H2,(H,29,33). The monoisotopic (exact) mass is 445 g/mol. The number of aromatic nitrogens is 3. The molecule has 1 unspecified atom stereocenters. The lowest BCUT2D eigenvalue weighted by Crippen LogP contribution is -2.48. The van der Waals surface area contributed by atoms with Gasteiger partial charge in [0.25, 0.3) is 0 Å². The van der Waals surface area contributed by atoms with Crippen molar-refractivity contribution in [2.75, 3.05) is 32.7 Å². The average molecular weight is 446 g/mol. The van der Waals surface area contributed by atoms with Crippen LogP contribution in [0.3, 0.4) is 0 Å². The fourth-order valence-corrected chi connectivity index (χ4v) is 4.83. The quantitative estimate of drug-likeness (QED) is 0.472. The van der Waals surface area contributed by atoms with Gasteiger partial charge >= 0.3 is 5.69 Å². The van der Waals surface area contributed by atoms with Crippen molar-refractivity contribution in [2.45, 2.75) is 19.0 Å². The van der Waals surface area contributed by atoms with Gasteiger partial charge in [-0.25, -0.2) is 9.18 Å². The SMILES string of the molecule is O=c1[nH]c2ccccc2n1CCCN1CCN(C(c2ccncc2)c2ccc(F)cc2)CC1. The third-order valence-electron chi connectivity index (χ3n) is 6.52. The summed E-state index contributed by atoms with van der Waals surface area (Å²) < 4.78 is 15.4. The highest BCUT2D eigenvalue weighted by molar-refractivity contribution is 5.74. The van der Waals surface area contributed by atoms with Crippen molar-refractivity contribution in [3.8, 4) is 0 Å². The number of pyridine rings is 1. The van der Waals surface area contributed by atoms with Crippen LogP contribution in [0.4, 0.5) is 4.39 Å². The zero-order chi connectivity index (χ0) is 22.6. The molecule has 2 aromatic carbocycles. The van der Waals surface area contributed by atoms with Crippen molar-refractivity contribution in [3.63, 3.8) is 0 Å². The Kier molecular flexibility index (Phi) is 6.32. The third-order valence-corrected chi connectivity index (χ3v) is 6.52. The number of para-hydroxylation sites is 2. The predicted molar refractivity (Wildman–Crippen MR) is 128 cm³/mol.